The highest BCUT2D eigenvalue weighted by molar-refractivity contribution is 5.86. The highest BCUT2D eigenvalue weighted by Gasteiger charge is 2.31. The number of ether oxygens (including phenoxy) is 1. The molecular weight excluding hydrogens is 420 g/mol. The number of hydrogen-bond donors (Lipinski definition) is 3. The molecule has 0 bridgehead atoms. The number of carbonyl (C=O) groups is 3. The molecule has 3 atom stereocenters. The Morgan fingerprint density at radius 2 is 1.67 bits per heavy atom. The maximum absolute atomic E-state index is 12.7. The molecular formula is C26H30N2O5. The number of carboxylic acids is 1. The summed E-state index contributed by atoms with van der Waals surface area (Å²) >= 11 is 0. The Hall–Kier alpha value is -3.35. The van der Waals surface area contributed by atoms with Gasteiger partial charge in [-0.05, 0) is 47.9 Å². The van der Waals surface area contributed by atoms with Gasteiger partial charge in [0.25, 0.3) is 0 Å². The number of nitrogens with one attached hydrogen (secondary N) is 2. The molecule has 1 saturated carbocycles. The molecule has 7 heteroatoms. The first-order chi connectivity index (χ1) is 16.0. The van der Waals surface area contributed by atoms with Crippen molar-refractivity contribution in [2.24, 2.45) is 5.92 Å². The van der Waals surface area contributed by atoms with E-state index in [-0.39, 0.29) is 24.5 Å². The minimum Gasteiger partial charge on any atom is -0.481 e. The molecule has 0 radical (unpaired) electrons. The molecule has 7 nitrogen and oxygen atoms in total. The molecule has 2 aliphatic carbocycles. The highest BCUT2D eigenvalue weighted by Crippen LogP contribution is 2.44. The number of alkyl carbamates (subject to hydrolysis) is 1. The summed E-state index contributed by atoms with van der Waals surface area (Å²) in [5.41, 5.74) is 4.56. The summed E-state index contributed by atoms with van der Waals surface area (Å²) in [7, 11) is 0. The van der Waals surface area contributed by atoms with Gasteiger partial charge in [0.2, 0.25) is 5.91 Å². The Morgan fingerprint density at radius 1 is 1.03 bits per heavy atom. The summed E-state index contributed by atoms with van der Waals surface area (Å²) in [5, 5.41) is 14.8. The molecule has 1 unspecified atom stereocenters. The van der Waals surface area contributed by atoms with E-state index in [4.69, 9.17) is 4.74 Å². The van der Waals surface area contributed by atoms with Gasteiger partial charge in [-0.3, -0.25) is 9.59 Å². The van der Waals surface area contributed by atoms with Crippen LogP contribution in [0, 0.1) is 5.92 Å². The highest BCUT2D eigenvalue weighted by atomic mass is 16.5. The fraction of sp³-hybridized carbons (Fsp3) is 0.423. The zero-order valence-corrected chi connectivity index (χ0v) is 18.8. The third-order valence-corrected chi connectivity index (χ3v) is 6.73. The van der Waals surface area contributed by atoms with Gasteiger partial charge in [-0.2, -0.15) is 0 Å². The SMILES string of the molecule is CCC(NC(=O)OCC1c2ccccc2-c2ccccc21)C(=O)N[C@H]1CCC[C@@H](C(=O)O)C1. The lowest BCUT2D eigenvalue weighted by atomic mass is 9.85. The monoisotopic (exact) mass is 450 g/mol. The first-order valence-electron chi connectivity index (χ1n) is 11.6. The van der Waals surface area contributed by atoms with Gasteiger partial charge in [0.15, 0.2) is 0 Å². The first-order valence-corrected chi connectivity index (χ1v) is 11.6. The third-order valence-electron chi connectivity index (χ3n) is 6.73. The van der Waals surface area contributed by atoms with E-state index < -0.39 is 24.0 Å². The Kier molecular flexibility index (Phi) is 6.96. The number of aliphatic carboxylic acids is 1. The van der Waals surface area contributed by atoms with Gasteiger partial charge < -0.3 is 20.5 Å². The summed E-state index contributed by atoms with van der Waals surface area (Å²) in [5.74, 6) is -1.61. The molecule has 1 fully saturated rings. The summed E-state index contributed by atoms with van der Waals surface area (Å²) in [4.78, 5) is 36.5. The standard InChI is InChI=1S/C26H30N2O5/c1-2-23(24(29)27-17-9-7-8-16(14-17)25(30)31)28-26(32)33-15-22-20-12-5-3-10-18(20)19-11-4-6-13-21(19)22/h3-6,10-13,16-17,22-23H,2,7-9,14-15H2,1H3,(H,27,29)(H,28,32)(H,30,31)/t16-,17+,23?/m1/s1. The summed E-state index contributed by atoms with van der Waals surface area (Å²) in [6.45, 7) is 2.00. The molecule has 2 aliphatic rings. The molecule has 0 aromatic heterocycles. The Labute approximate surface area is 193 Å². The van der Waals surface area contributed by atoms with Crippen molar-refractivity contribution < 1.29 is 24.2 Å². The lowest BCUT2D eigenvalue weighted by molar-refractivity contribution is -0.143. The van der Waals surface area contributed by atoms with E-state index in [1.54, 1.807) is 0 Å². The molecule has 3 N–H and O–H groups in total. The number of fused-ring (bicyclic) bond motifs is 3. The van der Waals surface area contributed by atoms with Crippen LogP contribution in [0.5, 0.6) is 0 Å². The van der Waals surface area contributed by atoms with Crippen molar-refractivity contribution in [2.45, 2.75) is 57.0 Å². The van der Waals surface area contributed by atoms with Crippen LogP contribution in [0.3, 0.4) is 0 Å². The van der Waals surface area contributed by atoms with E-state index in [1.807, 2.05) is 31.2 Å². The van der Waals surface area contributed by atoms with Crippen LogP contribution in [-0.4, -0.2) is 41.8 Å². The van der Waals surface area contributed by atoms with Crippen LogP contribution in [0.1, 0.15) is 56.1 Å². The minimum atomic E-state index is -0.822. The van der Waals surface area contributed by atoms with Gasteiger partial charge in [-0.15, -0.1) is 0 Å². The molecule has 174 valence electrons. The van der Waals surface area contributed by atoms with E-state index in [0.717, 1.165) is 35.1 Å². The van der Waals surface area contributed by atoms with Gasteiger partial charge in [0.1, 0.15) is 12.6 Å². The normalized spacial score (nSPS) is 20.3. The van der Waals surface area contributed by atoms with E-state index in [1.165, 1.54) is 0 Å². The predicted molar refractivity (Wildman–Crippen MR) is 124 cm³/mol. The van der Waals surface area contributed by atoms with E-state index in [0.29, 0.717) is 19.3 Å². The zero-order valence-electron chi connectivity index (χ0n) is 18.8. The van der Waals surface area contributed by atoms with Crippen LogP contribution in [0.15, 0.2) is 48.5 Å². The van der Waals surface area contributed by atoms with Crippen molar-refractivity contribution in [1.29, 1.82) is 0 Å². The van der Waals surface area contributed by atoms with Crippen molar-refractivity contribution >= 4 is 18.0 Å². The van der Waals surface area contributed by atoms with Gasteiger partial charge in [-0.25, -0.2) is 4.79 Å². The number of rotatable bonds is 7. The Morgan fingerprint density at radius 3 is 2.27 bits per heavy atom. The molecule has 0 heterocycles. The number of benzene rings is 2. The lowest BCUT2D eigenvalue weighted by Gasteiger charge is -2.29. The van der Waals surface area contributed by atoms with Crippen molar-refractivity contribution in [1.82, 2.24) is 10.6 Å². The van der Waals surface area contributed by atoms with Gasteiger partial charge >= 0.3 is 12.1 Å². The summed E-state index contributed by atoms with van der Waals surface area (Å²) in [6, 6.07) is 15.3. The molecule has 2 aromatic carbocycles. The van der Waals surface area contributed by atoms with Crippen molar-refractivity contribution in [3.05, 3.63) is 59.7 Å². The zero-order chi connectivity index (χ0) is 23.4. The quantitative estimate of drug-likeness (QED) is 0.590. The van der Waals surface area contributed by atoms with Crippen LogP contribution in [-0.2, 0) is 14.3 Å². The van der Waals surface area contributed by atoms with Crippen molar-refractivity contribution in [2.75, 3.05) is 6.61 Å². The molecule has 0 aliphatic heterocycles. The second-order valence-corrected chi connectivity index (χ2v) is 8.84. The number of carbonyl (C=O) groups excluding carboxylic acids is 2. The molecule has 33 heavy (non-hydrogen) atoms. The average molecular weight is 451 g/mol. The third kappa shape index (κ3) is 5.02. The smallest absolute Gasteiger partial charge is 0.407 e. The topological polar surface area (TPSA) is 105 Å². The van der Waals surface area contributed by atoms with E-state index in [9.17, 15) is 19.5 Å². The van der Waals surface area contributed by atoms with Gasteiger partial charge in [0, 0.05) is 12.0 Å². The average Bonchev–Trinajstić information content (AvgIpc) is 3.15. The van der Waals surface area contributed by atoms with Crippen LogP contribution >= 0.6 is 0 Å². The molecule has 2 aromatic rings. The van der Waals surface area contributed by atoms with Crippen LogP contribution < -0.4 is 10.6 Å². The number of amides is 2. The van der Waals surface area contributed by atoms with E-state index >= 15 is 0 Å². The molecule has 0 saturated heterocycles. The summed E-state index contributed by atoms with van der Waals surface area (Å²) < 4.78 is 5.55. The van der Waals surface area contributed by atoms with Crippen molar-refractivity contribution in [3.63, 3.8) is 0 Å². The summed E-state index contributed by atoms with van der Waals surface area (Å²) in [6.07, 6.45) is 2.34. The van der Waals surface area contributed by atoms with Crippen LogP contribution in [0.4, 0.5) is 4.79 Å². The molecule has 2 amide bonds. The minimum absolute atomic E-state index is 0.0488. The van der Waals surface area contributed by atoms with Crippen LogP contribution in [0.25, 0.3) is 11.1 Å². The number of hydrogen-bond acceptors (Lipinski definition) is 4. The predicted octanol–water partition coefficient (Wildman–Crippen LogP) is 4.06. The van der Waals surface area contributed by atoms with Gasteiger partial charge in [-0.1, -0.05) is 61.9 Å². The second-order valence-electron chi connectivity index (χ2n) is 8.84. The second kappa shape index (κ2) is 10.1. The van der Waals surface area contributed by atoms with Gasteiger partial charge in [0.05, 0.1) is 5.92 Å². The molecule has 4 rings (SSSR count). The largest absolute Gasteiger partial charge is 0.481 e. The maximum atomic E-state index is 12.7. The maximum Gasteiger partial charge on any atom is 0.407 e. The van der Waals surface area contributed by atoms with Crippen molar-refractivity contribution in [3.8, 4) is 11.1 Å². The fourth-order valence-electron chi connectivity index (χ4n) is 4.98. The Balaban J connectivity index is 1.33. The number of carboxylic acid groups (broad SMARTS) is 1. The van der Waals surface area contributed by atoms with E-state index in [2.05, 4.69) is 34.9 Å². The molecule has 0 spiro atoms. The fourth-order valence-corrected chi connectivity index (χ4v) is 4.98. The lowest BCUT2D eigenvalue weighted by Crippen LogP contribution is -2.50. The Bertz CT molecular complexity index is 991. The first kappa shape index (κ1) is 22.8. The van der Waals surface area contributed by atoms with Crippen LogP contribution in [0.2, 0.25) is 0 Å².